The normalized spacial score (nSPS) is 35.8. The maximum atomic E-state index is 11.1. The molecule has 2 bridgehead atoms. The molecule has 12 heteroatoms. The minimum atomic E-state index is -2.74. The topological polar surface area (TPSA) is 112 Å². The molecule has 9 nitrogen and oxygen atoms in total. The van der Waals surface area contributed by atoms with Gasteiger partial charge in [0.1, 0.15) is 0 Å². The van der Waals surface area contributed by atoms with E-state index in [0.29, 0.717) is 55.2 Å². The first kappa shape index (κ1) is 25.0. The first-order valence-corrected chi connectivity index (χ1v) is 15.2. The van der Waals surface area contributed by atoms with Gasteiger partial charge in [-0.2, -0.15) is 0 Å². The summed E-state index contributed by atoms with van der Waals surface area (Å²) in [5, 5.41) is -0.214. The summed E-state index contributed by atoms with van der Waals surface area (Å²) in [5.41, 5.74) is 0. The predicted octanol–water partition coefficient (Wildman–Crippen LogP) is -1.43. The molecule has 0 amide bonds. The van der Waals surface area contributed by atoms with Crippen molar-refractivity contribution in [1.82, 2.24) is 14.7 Å². The second-order valence-corrected chi connectivity index (χ2v) is 15.8. The fourth-order valence-electron chi connectivity index (χ4n) is 3.82. The molecule has 0 aromatic rings. The van der Waals surface area contributed by atoms with Crippen molar-refractivity contribution in [3.8, 4) is 0 Å². The van der Waals surface area contributed by atoms with Crippen LogP contribution in [0.15, 0.2) is 0 Å². The predicted molar refractivity (Wildman–Crippen MR) is 116 cm³/mol. The Morgan fingerprint density at radius 2 is 1.28 bits per heavy atom. The molecule has 3 unspecified atom stereocenters. The van der Waals surface area contributed by atoms with Crippen LogP contribution in [-0.4, -0.2) is 133 Å². The SMILES string of the molecule is CC1CN(C)CCS1(=O)=O.CN1CC2CC1CS2(=O)=O.CN1CCS(=O)(=O)CC1. The van der Waals surface area contributed by atoms with Crippen LogP contribution in [0.3, 0.4) is 0 Å². The zero-order valence-electron chi connectivity index (χ0n) is 17.8. The molecular formula is C17H35N3O6S3. The van der Waals surface area contributed by atoms with Gasteiger partial charge in [-0.05, 0) is 34.5 Å². The van der Waals surface area contributed by atoms with Gasteiger partial charge in [0.2, 0.25) is 0 Å². The van der Waals surface area contributed by atoms with Crippen LogP contribution in [0, 0.1) is 0 Å². The van der Waals surface area contributed by atoms with E-state index in [4.69, 9.17) is 0 Å². The van der Waals surface area contributed by atoms with Crippen LogP contribution in [0.1, 0.15) is 13.3 Å². The van der Waals surface area contributed by atoms with Gasteiger partial charge in [0.15, 0.2) is 29.5 Å². The fourth-order valence-corrected chi connectivity index (χ4v) is 8.83. The lowest BCUT2D eigenvalue weighted by Gasteiger charge is -2.26. The Morgan fingerprint density at radius 1 is 0.724 bits per heavy atom. The van der Waals surface area contributed by atoms with Crippen LogP contribution in [0.5, 0.6) is 0 Å². The molecule has 29 heavy (non-hydrogen) atoms. The van der Waals surface area contributed by atoms with Gasteiger partial charge in [-0.3, -0.25) is 0 Å². The molecule has 4 heterocycles. The Morgan fingerprint density at radius 3 is 1.62 bits per heavy atom. The van der Waals surface area contributed by atoms with Crippen molar-refractivity contribution in [2.24, 2.45) is 0 Å². The number of hydrogen-bond acceptors (Lipinski definition) is 9. The van der Waals surface area contributed by atoms with Gasteiger partial charge in [0.05, 0.1) is 33.5 Å². The van der Waals surface area contributed by atoms with E-state index in [0.717, 1.165) is 13.0 Å². The molecule has 0 radical (unpaired) electrons. The van der Waals surface area contributed by atoms with Crippen LogP contribution >= 0.6 is 0 Å². The number of sulfone groups is 3. The molecule has 0 N–H and O–H groups in total. The van der Waals surface area contributed by atoms with E-state index < -0.39 is 29.5 Å². The van der Waals surface area contributed by atoms with Gasteiger partial charge < -0.3 is 14.7 Å². The van der Waals surface area contributed by atoms with Crippen LogP contribution < -0.4 is 0 Å². The lowest BCUT2D eigenvalue weighted by molar-refractivity contribution is 0.326. The van der Waals surface area contributed by atoms with Crippen molar-refractivity contribution >= 4 is 29.5 Å². The van der Waals surface area contributed by atoms with E-state index in [-0.39, 0.29) is 10.5 Å². The van der Waals surface area contributed by atoms with E-state index in [1.54, 1.807) is 6.92 Å². The summed E-state index contributed by atoms with van der Waals surface area (Å²) < 4.78 is 66.0. The Bertz CT molecular complexity index is 844. The standard InChI is InChI=1S/C6H11NO2S.C6H13NO2S.C5H11NO2S/c1-7-3-6-2-5(7)4-10(6,8)9;1-6-5-7(2)3-4-10(6,8)9;1-6-2-4-9(7,8)5-3-6/h5-6H,2-4H2,1H3;6H,3-5H2,1-2H3;2-5H2,1H3. The zero-order chi connectivity index (χ0) is 22.0. The minimum absolute atomic E-state index is 0.0394. The van der Waals surface area contributed by atoms with Gasteiger partial charge in [-0.15, -0.1) is 0 Å². The molecule has 0 aromatic carbocycles. The quantitative estimate of drug-likeness (QED) is 0.418. The summed E-state index contributed by atoms with van der Waals surface area (Å²) in [7, 11) is -2.17. The number of nitrogens with zero attached hydrogens (tertiary/aromatic N) is 3. The molecule has 4 saturated heterocycles. The minimum Gasteiger partial charge on any atom is -0.304 e. The van der Waals surface area contributed by atoms with E-state index in [1.807, 2.05) is 30.9 Å². The van der Waals surface area contributed by atoms with Gasteiger partial charge in [-0.25, -0.2) is 25.3 Å². The number of hydrogen-bond donors (Lipinski definition) is 0. The summed E-state index contributed by atoms with van der Waals surface area (Å²) in [5.74, 6) is 1.39. The van der Waals surface area contributed by atoms with E-state index in [2.05, 4.69) is 4.90 Å². The van der Waals surface area contributed by atoms with Crippen LogP contribution in [0.2, 0.25) is 0 Å². The van der Waals surface area contributed by atoms with Gasteiger partial charge in [-0.1, -0.05) is 0 Å². The van der Waals surface area contributed by atoms with Crippen LogP contribution in [0.4, 0.5) is 0 Å². The molecule has 0 aliphatic carbocycles. The maximum Gasteiger partial charge on any atom is 0.156 e. The molecule has 4 fully saturated rings. The lowest BCUT2D eigenvalue weighted by atomic mass is 10.2. The fraction of sp³-hybridized carbons (Fsp3) is 1.00. The monoisotopic (exact) mass is 473 g/mol. The van der Waals surface area contributed by atoms with Gasteiger partial charge in [0.25, 0.3) is 0 Å². The first-order chi connectivity index (χ1) is 13.2. The number of likely N-dealkylation sites (tertiary alicyclic amines) is 1. The third-order valence-corrected chi connectivity index (χ3v) is 12.0. The summed E-state index contributed by atoms with van der Waals surface area (Å²) >= 11 is 0. The van der Waals surface area contributed by atoms with E-state index in [9.17, 15) is 25.3 Å². The molecule has 0 spiro atoms. The second-order valence-electron chi connectivity index (χ2n) is 8.68. The van der Waals surface area contributed by atoms with Crippen molar-refractivity contribution in [3.63, 3.8) is 0 Å². The Labute approximate surface area is 176 Å². The van der Waals surface area contributed by atoms with Gasteiger partial charge >= 0.3 is 0 Å². The third kappa shape index (κ3) is 7.13. The average molecular weight is 474 g/mol. The highest BCUT2D eigenvalue weighted by Crippen LogP contribution is 2.31. The molecule has 0 saturated carbocycles. The molecular weight excluding hydrogens is 438 g/mol. The number of rotatable bonds is 0. The molecule has 172 valence electrons. The zero-order valence-corrected chi connectivity index (χ0v) is 20.3. The van der Waals surface area contributed by atoms with Crippen LogP contribution in [-0.2, 0) is 29.5 Å². The summed E-state index contributed by atoms with van der Waals surface area (Å²) in [4.78, 5) is 6.22. The van der Waals surface area contributed by atoms with E-state index in [1.165, 1.54) is 0 Å². The van der Waals surface area contributed by atoms with Crippen molar-refractivity contribution < 1.29 is 25.3 Å². The number of fused-ring (bicyclic) bond motifs is 2. The summed E-state index contributed by atoms with van der Waals surface area (Å²) in [6, 6.07) is 0.329. The Hall–Kier alpha value is -0.270. The third-order valence-electron chi connectivity index (χ3n) is 6.09. The highest BCUT2D eigenvalue weighted by molar-refractivity contribution is 7.92. The largest absolute Gasteiger partial charge is 0.304 e. The molecule has 4 aliphatic rings. The first-order valence-electron chi connectivity index (χ1n) is 9.93. The molecule has 3 atom stereocenters. The summed E-state index contributed by atoms with van der Waals surface area (Å²) in [6.07, 6.45) is 0.874. The van der Waals surface area contributed by atoms with Crippen molar-refractivity contribution in [1.29, 1.82) is 0 Å². The van der Waals surface area contributed by atoms with Gasteiger partial charge in [0, 0.05) is 38.8 Å². The van der Waals surface area contributed by atoms with Crippen molar-refractivity contribution in [2.75, 3.05) is 76.9 Å². The molecule has 4 rings (SSSR count). The molecule has 0 aromatic heterocycles. The Kier molecular flexibility index (Phi) is 8.17. The highest BCUT2D eigenvalue weighted by Gasteiger charge is 2.46. The smallest absolute Gasteiger partial charge is 0.156 e. The summed E-state index contributed by atoms with van der Waals surface area (Å²) in [6.45, 7) is 5.29. The second kappa shape index (κ2) is 9.47. The van der Waals surface area contributed by atoms with Crippen LogP contribution in [0.25, 0.3) is 0 Å². The molecule has 4 aliphatic heterocycles. The van der Waals surface area contributed by atoms with E-state index >= 15 is 0 Å². The highest BCUT2D eigenvalue weighted by atomic mass is 32.2. The average Bonchev–Trinajstić information content (AvgIpc) is 3.10. The van der Waals surface area contributed by atoms with Crippen molar-refractivity contribution in [3.05, 3.63) is 0 Å². The lowest BCUT2D eigenvalue weighted by Crippen LogP contribution is -2.43. The maximum absolute atomic E-state index is 11.1. The Balaban J connectivity index is 0.000000156. The van der Waals surface area contributed by atoms with Crippen molar-refractivity contribution in [2.45, 2.75) is 29.9 Å².